The van der Waals surface area contributed by atoms with E-state index in [0.29, 0.717) is 0 Å². The Morgan fingerprint density at radius 2 is 2.12 bits per heavy atom. The van der Waals surface area contributed by atoms with E-state index in [2.05, 4.69) is 16.0 Å². The van der Waals surface area contributed by atoms with Gasteiger partial charge in [0, 0.05) is 24.2 Å². The number of rotatable bonds is 2. The van der Waals surface area contributed by atoms with Gasteiger partial charge in [0.1, 0.15) is 5.82 Å². The Kier molecular flexibility index (Phi) is 2.08. The average Bonchev–Trinajstić information content (AvgIpc) is 3.12. The second-order valence-corrected chi connectivity index (χ2v) is 4.03. The van der Waals surface area contributed by atoms with Crippen molar-refractivity contribution in [1.29, 1.82) is 0 Å². The summed E-state index contributed by atoms with van der Waals surface area (Å²) in [5.41, 5.74) is 2.83. The quantitative estimate of drug-likeness (QED) is 0.850. The molecule has 0 aliphatic carbocycles. The average molecular weight is 225 g/mol. The largest absolute Gasteiger partial charge is 0.346 e. The maximum Gasteiger partial charge on any atom is 0.346 e. The lowest BCUT2D eigenvalue weighted by Crippen LogP contribution is -2.13. The number of aromatic amines is 1. The Balaban J connectivity index is 2.16. The van der Waals surface area contributed by atoms with Gasteiger partial charge in [0.2, 0.25) is 0 Å². The second-order valence-electron chi connectivity index (χ2n) is 4.03. The predicted octanol–water partition coefficient (Wildman–Crippen LogP) is 2.04. The maximum atomic E-state index is 11.3. The highest BCUT2D eigenvalue weighted by molar-refractivity contribution is 5.78. The Morgan fingerprint density at radius 3 is 2.82 bits per heavy atom. The number of nitrogens with zero attached hydrogens (tertiary/aromatic N) is 2. The lowest BCUT2D eigenvalue weighted by Gasteiger charge is -2.10. The molecule has 1 aromatic carbocycles. The SMILES string of the molecule is Cc1cccc(-c2cnc(=O)[nH]c2N2C=C2)c1. The van der Waals surface area contributed by atoms with E-state index >= 15 is 0 Å². The second kappa shape index (κ2) is 3.59. The lowest BCUT2D eigenvalue weighted by molar-refractivity contribution is 1.07. The summed E-state index contributed by atoms with van der Waals surface area (Å²) < 4.78 is 0. The first-order valence-corrected chi connectivity index (χ1v) is 5.37. The van der Waals surface area contributed by atoms with E-state index in [1.807, 2.05) is 42.4 Å². The molecule has 84 valence electrons. The highest BCUT2D eigenvalue weighted by Gasteiger charge is 2.16. The molecule has 1 N–H and O–H groups in total. The van der Waals surface area contributed by atoms with Gasteiger partial charge in [0.05, 0.1) is 0 Å². The number of hydrogen-bond acceptors (Lipinski definition) is 3. The fourth-order valence-corrected chi connectivity index (χ4v) is 1.80. The van der Waals surface area contributed by atoms with Crippen LogP contribution in [0.1, 0.15) is 5.56 Å². The van der Waals surface area contributed by atoms with Crippen LogP contribution in [0, 0.1) is 6.92 Å². The van der Waals surface area contributed by atoms with Crippen LogP contribution in [0.25, 0.3) is 11.1 Å². The Hall–Kier alpha value is -2.36. The molecule has 3 rings (SSSR count). The number of aryl methyl sites for hydroxylation is 1. The van der Waals surface area contributed by atoms with Gasteiger partial charge in [-0.3, -0.25) is 4.98 Å². The molecule has 0 spiro atoms. The van der Waals surface area contributed by atoms with Crippen molar-refractivity contribution < 1.29 is 0 Å². The summed E-state index contributed by atoms with van der Waals surface area (Å²) in [5, 5.41) is 0. The van der Waals surface area contributed by atoms with Crippen molar-refractivity contribution in [3.8, 4) is 11.1 Å². The van der Waals surface area contributed by atoms with Gasteiger partial charge in [0.25, 0.3) is 0 Å². The molecule has 1 aromatic heterocycles. The van der Waals surface area contributed by atoms with E-state index in [9.17, 15) is 4.79 Å². The van der Waals surface area contributed by atoms with Crippen molar-refractivity contribution in [3.05, 3.63) is 58.9 Å². The van der Waals surface area contributed by atoms with Gasteiger partial charge in [-0.15, -0.1) is 0 Å². The third kappa shape index (κ3) is 1.85. The molecule has 0 saturated heterocycles. The van der Waals surface area contributed by atoms with Crippen LogP contribution >= 0.6 is 0 Å². The molecule has 4 heteroatoms. The van der Waals surface area contributed by atoms with Gasteiger partial charge in [-0.05, 0) is 12.5 Å². The summed E-state index contributed by atoms with van der Waals surface area (Å²) >= 11 is 0. The monoisotopic (exact) mass is 225 g/mol. The fourth-order valence-electron chi connectivity index (χ4n) is 1.80. The lowest BCUT2D eigenvalue weighted by atomic mass is 10.1. The first kappa shape index (κ1) is 9.84. The van der Waals surface area contributed by atoms with Gasteiger partial charge in [-0.2, -0.15) is 0 Å². The van der Waals surface area contributed by atoms with E-state index in [1.165, 1.54) is 5.56 Å². The van der Waals surface area contributed by atoms with Crippen LogP contribution in [-0.2, 0) is 0 Å². The summed E-state index contributed by atoms with van der Waals surface area (Å²) in [6.45, 7) is 2.04. The molecule has 0 bridgehead atoms. The first-order chi connectivity index (χ1) is 8.24. The summed E-state index contributed by atoms with van der Waals surface area (Å²) in [5.74, 6) is 0.774. The number of hydrogen-bond donors (Lipinski definition) is 1. The highest BCUT2D eigenvalue weighted by Crippen LogP contribution is 2.31. The number of benzene rings is 1. The zero-order valence-electron chi connectivity index (χ0n) is 9.34. The number of anilines is 1. The molecule has 1 aliphatic heterocycles. The molecule has 0 amide bonds. The van der Waals surface area contributed by atoms with Crippen molar-refractivity contribution in [1.82, 2.24) is 9.97 Å². The standard InChI is InChI=1S/C13H11N3O/c1-9-3-2-4-10(7-9)11-8-14-13(17)15-12(11)16-5-6-16/h2-8H,1H3,(H,14,15,17). The minimum absolute atomic E-state index is 0.329. The maximum absolute atomic E-state index is 11.3. The molecule has 0 atom stereocenters. The number of aromatic nitrogens is 2. The van der Waals surface area contributed by atoms with E-state index < -0.39 is 0 Å². The van der Waals surface area contributed by atoms with Crippen LogP contribution in [0.5, 0.6) is 0 Å². The van der Waals surface area contributed by atoms with Crippen molar-refractivity contribution in [2.75, 3.05) is 4.90 Å². The third-order valence-corrected chi connectivity index (χ3v) is 2.68. The number of H-pyrrole nitrogens is 1. The molecule has 4 nitrogen and oxygen atoms in total. The van der Waals surface area contributed by atoms with Crippen LogP contribution in [0.15, 0.2) is 47.7 Å². The van der Waals surface area contributed by atoms with Crippen LogP contribution in [0.3, 0.4) is 0 Å². The molecule has 2 heterocycles. The summed E-state index contributed by atoms with van der Waals surface area (Å²) in [6, 6.07) is 8.12. The van der Waals surface area contributed by atoms with Gasteiger partial charge in [0.15, 0.2) is 0 Å². The van der Waals surface area contributed by atoms with Gasteiger partial charge in [-0.25, -0.2) is 9.78 Å². The zero-order chi connectivity index (χ0) is 11.8. The third-order valence-electron chi connectivity index (χ3n) is 2.68. The minimum Gasteiger partial charge on any atom is -0.307 e. The van der Waals surface area contributed by atoms with Crippen molar-refractivity contribution in [3.63, 3.8) is 0 Å². The van der Waals surface area contributed by atoms with Crippen molar-refractivity contribution >= 4 is 5.82 Å². The minimum atomic E-state index is -0.329. The molecule has 17 heavy (non-hydrogen) atoms. The Labute approximate surface area is 98.2 Å². The van der Waals surface area contributed by atoms with Crippen LogP contribution in [-0.4, -0.2) is 9.97 Å². The molecule has 0 radical (unpaired) electrons. The van der Waals surface area contributed by atoms with E-state index in [0.717, 1.165) is 16.9 Å². The Bertz CT molecular complexity index is 652. The molecular formula is C13H11N3O. The molecule has 2 aromatic rings. The zero-order valence-corrected chi connectivity index (χ0v) is 9.34. The predicted molar refractivity (Wildman–Crippen MR) is 66.6 cm³/mol. The summed E-state index contributed by atoms with van der Waals surface area (Å²) in [7, 11) is 0. The van der Waals surface area contributed by atoms with Gasteiger partial charge < -0.3 is 4.90 Å². The normalized spacial score (nSPS) is 12.9. The van der Waals surface area contributed by atoms with Gasteiger partial charge >= 0.3 is 5.69 Å². The van der Waals surface area contributed by atoms with Crippen molar-refractivity contribution in [2.45, 2.75) is 6.92 Å². The topological polar surface area (TPSA) is 48.8 Å². The number of nitrogens with one attached hydrogen (secondary N) is 1. The first-order valence-electron chi connectivity index (χ1n) is 5.37. The van der Waals surface area contributed by atoms with E-state index in [1.54, 1.807) is 6.20 Å². The van der Waals surface area contributed by atoms with Crippen molar-refractivity contribution in [2.24, 2.45) is 0 Å². The van der Waals surface area contributed by atoms with Gasteiger partial charge in [-0.1, -0.05) is 29.8 Å². The van der Waals surface area contributed by atoms with Crippen LogP contribution in [0.4, 0.5) is 5.82 Å². The van der Waals surface area contributed by atoms with E-state index in [-0.39, 0.29) is 5.69 Å². The summed E-state index contributed by atoms with van der Waals surface area (Å²) in [6.07, 6.45) is 5.40. The highest BCUT2D eigenvalue weighted by atomic mass is 16.1. The molecule has 0 saturated carbocycles. The fraction of sp³-hybridized carbons (Fsp3) is 0.0769. The smallest absolute Gasteiger partial charge is 0.307 e. The van der Waals surface area contributed by atoms with Crippen LogP contribution < -0.4 is 10.6 Å². The van der Waals surface area contributed by atoms with E-state index in [4.69, 9.17) is 0 Å². The molecular weight excluding hydrogens is 214 g/mol. The van der Waals surface area contributed by atoms with Crippen LogP contribution in [0.2, 0.25) is 0 Å². The molecule has 0 unspecified atom stereocenters. The Morgan fingerprint density at radius 1 is 1.29 bits per heavy atom. The molecule has 1 aliphatic rings. The summed E-state index contributed by atoms with van der Waals surface area (Å²) in [4.78, 5) is 19.7. The molecule has 0 fully saturated rings.